The van der Waals surface area contributed by atoms with Gasteiger partial charge in [0.05, 0.1) is 6.33 Å². The molecule has 62 valence electrons. The van der Waals surface area contributed by atoms with Gasteiger partial charge < -0.3 is 4.57 Å². The summed E-state index contributed by atoms with van der Waals surface area (Å²) in [6.45, 7) is -1.01. The summed E-state index contributed by atoms with van der Waals surface area (Å²) in [5.74, 6) is 0. The van der Waals surface area contributed by atoms with Gasteiger partial charge in [0.2, 0.25) is 0 Å². The first kappa shape index (κ1) is 8.45. The number of aromatic nitrogens is 2. The summed E-state index contributed by atoms with van der Waals surface area (Å²) in [5, 5.41) is 0.286. The van der Waals surface area contributed by atoms with Crippen LogP contribution in [0.3, 0.4) is 0 Å². The molecule has 0 fully saturated rings. The van der Waals surface area contributed by atoms with Crippen molar-refractivity contribution in [2.24, 2.45) is 0 Å². The molecule has 6 heteroatoms. The molecule has 1 heterocycles. The fourth-order valence-electron chi connectivity index (χ4n) is 0.642. The summed E-state index contributed by atoms with van der Waals surface area (Å²) in [5.41, 5.74) is 0. The number of halogens is 3. The number of hydrogen-bond acceptors (Lipinski definition) is 2. The molecule has 0 aliphatic rings. The quantitative estimate of drug-likeness (QED) is 0.655. The standard InChI is InChI=1S/C5H5F3N2S/c6-5(7,8)2-10-1-4(11)9-3-10/h1,3,11H,2H2. The van der Waals surface area contributed by atoms with E-state index in [0.717, 1.165) is 10.9 Å². The Morgan fingerprint density at radius 1 is 1.55 bits per heavy atom. The van der Waals surface area contributed by atoms with Crippen LogP contribution in [0.1, 0.15) is 0 Å². The third-order valence-electron chi connectivity index (χ3n) is 0.981. The molecule has 0 aliphatic heterocycles. The number of alkyl halides is 3. The summed E-state index contributed by atoms with van der Waals surface area (Å²) in [7, 11) is 0. The normalized spacial score (nSPS) is 12.0. The third kappa shape index (κ3) is 2.83. The monoisotopic (exact) mass is 182 g/mol. The van der Waals surface area contributed by atoms with E-state index in [0.29, 0.717) is 0 Å². The van der Waals surface area contributed by atoms with Gasteiger partial charge in [0.25, 0.3) is 0 Å². The first-order chi connectivity index (χ1) is 4.97. The fraction of sp³-hybridized carbons (Fsp3) is 0.400. The number of thiol groups is 1. The van der Waals surface area contributed by atoms with E-state index >= 15 is 0 Å². The van der Waals surface area contributed by atoms with E-state index in [1.807, 2.05) is 0 Å². The molecule has 0 bridgehead atoms. The molecule has 0 radical (unpaired) electrons. The van der Waals surface area contributed by atoms with Gasteiger partial charge in [0, 0.05) is 6.20 Å². The van der Waals surface area contributed by atoms with Crippen LogP contribution in [0.15, 0.2) is 17.6 Å². The smallest absolute Gasteiger partial charge is 0.327 e. The summed E-state index contributed by atoms with van der Waals surface area (Å²) >= 11 is 3.76. The second kappa shape index (κ2) is 2.77. The van der Waals surface area contributed by atoms with Gasteiger partial charge in [-0.15, -0.1) is 12.6 Å². The maximum Gasteiger partial charge on any atom is 0.406 e. The molecule has 1 aromatic heterocycles. The second-order valence-corrected chi connectivity index (χ2v) is 2.48. The first-order valence-corrected chi connectivity index (χ1v) is 3.19. The molecule has 2 nitrogen and oxygen atoms in total. The molecule has 0 atom stereocenters. The number of imidazole rings is 1. The maximum atomic E-state index is 11.7. The zero-order chi connectivity index (χ0) is 8.48. The van der Waals surface area contributed by atoms with Gasteiger partial charge in [0.15, 0.2) is 0 Å². The van der Waals surface area contributed by atoms with Gasteiger partial charge in [-0.2, -0.15) is 13.2 Å². The van der Waals surface area contributed by atoms with Crippen LogP contribution < -0.4 is 0 Å². The van der Waals surface area contributed by atoms with Crippen LogP contribution in [-0.2, 0) is 6.54 Å². The van der Waals surface area contributed by atoms with Crippen molar-refractivity contribution >= 4 is 12.6 Å². The van der Waals surface area contributed by atoms with Crippen LogP contribution in [0, 0.1) is 0 Å². The molecule has 0 aromatic carbocycles. The topological polar surface area (TPSA) is 17.8 Å². The Morgan fingerprint density at radius 3 is 2.55 bits per heavy atom. The minimum Gasteiger partial charge on any atom is -0.327 e. The SMILES string of the molecule is FC(F)(F)Cn1cnc(S)c1. The van der Waals surface area contributed by atoms with Crippen molar-refractivity contribution in [1.82, 2.24) is 9.55 Å². The molecule has 1 aromatic rings. The van der Waals surface area contributed by atoms with Crippen molar-refractivity contribution in [3.63, 3.8) is 0 Å². The van der Waals surface area contributed by atoms with Crippen LogP contribution in [0.5, 0.6) is 0 Å². The molecule has 0 spiro atoms. The van der Waals surface area contributed by atoms with Gasteiger partial charge in [-0.1, -0.05) is 0 Å². The minimum atomic E-state index is -4.19. The van der Waals surface area contributed by atoms with E-state index in [1.54, 1.807) is 0 Å². The third-order valence-corrected chi connectivity index (χ3v) is 1.21. The Balaban J connectivity index is 2.65. The zero-order valence-corrected chi connectivity index (χ0v) is 6.23. The predicted octanol–water partition coefficient (Wildman–Crippen LogP) is 1.73. The lowest BCUT2D eigenvalue weighted by atomic mass is 10.6. The Bertz CT molecular complexity index is 242. The van der Waals surface area contributed by atoms with Crippen LogP contribution in [0.2, 0.25) is 0 Å². The van der Waals surface area contributed by atoms with Crippen LogP contribution >= 0.6 is 12.6 Å². The van der Waals surface area contributed by atoms with Gasteiger partial charge >= 0.3 is 6.18 Å². The van der Waals surface area contributed by atoms with E-state index in [1.165, 1.54) is 6.20 Å². The Kier molecular flexibility index (Phi) is 2.12. The molecular weight excluding hydrogens is 177 g/mol. The average Bonchev–Trinajstić information content (AvgIpc) is 2.10. The highest BCUT2D eigenvalue weighted by Crippen LogP contribution is 2.17. The highest BCUT2D eigenvalue weighted by Gasteiger charge is 2.27. The summed E-state index contributed by atoms with van der Waals surface area (Å²) in [4.78, 5) is 3.53. The molecule has 0 aliphatic carbocycles. The van der Waals surface area contributed by atoms with E-state index in [9.17, 15) is 13.2 Å². The lowest BCUT2D eigenvalue weighted by Gasteiger charge is -2.05. The molecule has 0 N–H and O–H groups in total. The predicted molar refractivity (Wildman–Crippen MR) is 35.5 cm³/mol. The Morgan fingerprint density at radius 2 is 2.18 bits per heavy atom. The highest BCUT2D eigenvalue weighted by atomic mass is 32.1. The average molecular weight is 182 g/mol. The zero-order valence-electron chi connectivity index (χ0n) is 5.34. The molecule has 0 saturated carbocycles. The molecule has 0 saturated heterocycles. The lowest BCUT2D eigenvalue weighted by Crippen LogP contribution is -2.16. The van der Waals surface area contributed by atoms with Gasteiger partial charge in [-0.3, -0.25) is 0 Å². The van der Waals surface area contributed by atoms with Crippen molar-refractivity contribution in [2.75, 3.05) is 0 Å². The number of rotatable bonds is 1. The van der Waals surface area contributed by atoms with Gasteiger partial charge in [0.1, 0.15) is 11.6 Å². The van der Waals surface area contributed by atoms with E-state index in [2.05, 4.69) is 17.6 Å². The van der Waals surface area contributed by atoms with Gasteiger partial charge in [-0.25, -0.2) is 4.98 Å². The van der Waals surface area contributed by atoms with Crippen LogP contribution in [0.4, 0.5) is 13.2 Å². The van der Waals surface area contributed by atoms with Crippen LogP contribution in [0.25, 0.3) is 0 Å². The van der Waals surface area contributed by atoms with E-state index < -0.39 is 12.7 Å². The molecule has 0 amide bonds. The molecule has 0 unspecified atom stereocenters. The largest absolute Gasteiger partial charge is 0.406 e. The first-order valence-electron chi connectivity index (χ1n) is 2.75. The number of nitrogens with zero attached hydrogens (tertiary/aromatic N) is 2. The van der Waals surface area contributed by atoms with E-state index in [-0.39, 0.29) is 5.03 Å². The highest BCUT2D eigenvalue weighted by molar-refractivity contribution is 7.80. The van der Waals surface area contributed by atoms with Crippen molar-refractivity contribution in [3.8, 4) is 0 Å². The van der Waals surface area contributed by atoms with Gasteiger partial charge in [-0.05, 0) is 0 Å². The van der Waals surface area contributed by atoms with Crippen molar-refractivity contribution in [2.45, 2.75) is 17.7 Å². The van der Waals surface area contributed by atoms with Crippen molar-refractivity contribution < 1.29 is 13.2 Å². The summed E-state index contributed by atoms with van der Waals surface area (Å²) in [6.07, 6.45) is -1.88. The van der Waals surface area contributed by atoms with Crippen molar-refractivity contribution in [3.05, 3.63) is 12.5 Å². The molecular formula is C5H5F3N2S. The Hall–Kier alpha value is -0.650. The second-order valence-electron chi connectivity index (χ2n) is 2.02. The maximum absolute atomic E-state index is 11.7. The lowest BCUT2D eigenvalue weighted by molar-refractivity contribution is -0.140. The fourth-order valence-corrected chi connectivity index (χ4v) is 0.842. The molecule has 1 rings (SSSR count). The minimum absolute atomic E-state index is 0.286. The number of hydrogen-bond donors (Lipinski definition) is 1. The van der Waals surface area contributed by atoms with E-state index in [4.69, 9.17) is 0 Å². The van der Waals surface area contributed by atoms with Crippen molar-refractivity contribution in [1.29, 1.82) is 0 Å². The summed E-state index contributed by atoms with van der Waals surface area (Å²) < 4.78 is 36.0. The molecule has 11 heavy (non-hydrogen) atoms. The van der Waals surface area contributed by atoms with Crippen LogP contribution in [-0.4, -0.2) is 15.7 Å². The Labute approximate surface area is 66.5 Å². The summed E-state index contributed by atoms with van der Waals surface area (Å²) in [6, 6.07) is 0.